The molecular weight excluding hydrogens is 268 g/mol. The maximum atomic E-state index is 12.0. The Balaban J connectivity index is 0.00000162. The molecule has 0 saturated heterocycles. The predicted molar refractivity (Wildman–Crippen MR) is 78.0 cm³/mol. The molecule has 1 saturated carbocycles. The van der Waals surface area contributed by atoms with Gasteiger partial charge in [-0.05, 0) is 44.4 Å². The van der Waals surface area contributed by atoms with Crippen LogP contribution in [0.2, 0.25) is 0 Å². The molecule has 1 aliphatic rings. The maximum absolute atomic E-state index is 12.0. The Morgan fingerprint density at radius 2 is 2.28 bits per heavy atom. The topological polar surface area (TPSA) is 55.1 Å². The molecule has 1 fully saturated rings. The van der Waals surface area contributed by atoms with Gasteiger partial charge in [-0.25, -0.2) is 0 Å². The fourth-order valence-corrected chi connectivity index (χ4v) is 3.38. The lowest BCUT2D eigenvalue weighted by Crippen LogP contribution is -2.34. The lowest BCUT2D eigenvalue weighted by Gasteiger charge is -2.16. The number of halogens is 1. The number of rotatable bonds is 4. The number of nitrogens with one attached hydrogen (secondary N) is 1. The highest BCUT2D eigenvalue weighted by Crippen LogP contribution is 2.31. The average molecular weight is 289 g/mol. The quantitative estimate of drug-likeness (QED) is 0.894. The van der Waals surface area contributed by atoms with Gasteiger partial charge < -0.3 is 11.1 Å². The van der Waals surface area contributed by atoms with Gasteiger partial charge in [-0.1, -0.05) is 6.42 Å². The molecule has 1 amide bonds. The zero-order valence-electron chi connectivity index (χ0n) is 10.6. The van der Waals surface area contributed by atoms with Gasteiger partial charge in [-0.3, -0.25) is 4.79 Å². The van der Waals surface area contributed by atoms with Gasteiger partial charge in [0.1, 0.15) is 0 Å². The highest BCUT2D eigenvalue weighted by molar-refractivity contribution is 7.11. The number of hydrogen-bond donors (Lipinski definition) is 2. The Morgan fingerprint density at radius 1 is 1.50 bits per heavy atom. The predicted octanol–water partition coefficient (Wildman–Crippen LogP) is 2.47. The van der Waals surface area contributed by atoms with Crippen LogP contribution in [-0.2, 0) is 11.3 Å². The van der Waals surface area contributed by atoms with Crippen molar-refractivity contribution in [1.82, 2.24) is 5.32 Å². The molecule has 2 atom stereocenters. The van der Waals surface area contributed by atoms with Crippen LogP contribution >= 0.6 is 23.7 Å². The Bertz CT molecular complexity index is 394. The summed E-state index contributed by atoms with van der Waals surface area (Å²) in [4.78, 5) is 14.5. The van der Waals surface area contributed by atoms with Gasteiger partial charge in [0.15, 0.2) is 0 Å². The minimum absolute atomic E-state index is 0. The first-order chi connectivity index (χ1) is 8.20. The molecule has 1 aromatic rings. The van der Waals surface area contributed by atoms with E-state index in [0.717, 1.165) is 19.3 Å². The Morgan fingerprint density at radius 3 is 2.89 bits per heavy atom. The van der Waals surface area contributed by atoms with E-state index in [9.17, 15) is 4.79 Å². The number of aryl methyl sites for hydroxylation is 1. The van der Waals surface area contributed by atoms with Crippen molar-refractivity contribution in [3.8, 4) is 0 Å². The number of carbonyl (C=O) groups excluding carboxylic acids is 1. The van der Waals surface area contributed by atoms with E-state index in [2.05, 4.69) is 24.4 Å². The second-order valence-electron chi connectivity index (χ2n) is 4.76. The van der Waals surface area contributed by atoms with Crippen LogP contribution in [0.5, 0.6) is 0 Å². The highest BCUT2D eigenvalue weighted by Gasteiger charge is 2.31. The van der Waals surface area contributed by atoms with Gasteiger partial charge in [-0.15, -0.1) is 23.7 Å². The summed E-state index contributed by atoms with van der Waals surface area (Å²) in [6, 6.07) is 4.17. The smallest absolute Gasteiger partial charge is 0.223 e. The average Bonchev–Trinajstić information content (AvgIpc) is 2.94. The highest BCUT2D eigenvalue weighted by atomic mass is 35.5. The van der Waals surface area contributed by atoms with Crippen LogP contribution in [0.3, 0.4) is 0 Å². The van der Waals surface area contributed by atoms with Crippen LogP contribution < -0.4 is 11.1 Å². The van der Waals surface area contributed by atoms with Crippen molar-refractivity contribution in [2.24, 2.45) is 17.6 Å². The second kappa shape index (κ2) is 7.12. The first-order valence-corrected chi connectivity index (χ1v) is 7.05. The monoisotopic (exact) mass is 288 g/mol. The molecule has 3 N–H and O–H groups in total. The van der Waals surface area contributed by atoms with Crippen LogP contribution in [0.4, 0.5) is 0 Å². The number of nitrogens with two attached hydrogens (primary N) is 1. The van der Waals surface area contributed by atoms with Gasteiger partial charge in [-0.2, -0.15) is 0 Å². The van der Waals surface area contributed by atoms with E-state index >= 15 is 0 Å². The van der Waals surface area contributed by atoms with Gasteiger partial charge in [0.2, 0.25) is 5.91 Å². The van der Waals surface area contributed by atoms with Gasteiger partial charge in [0, 0.05) is 15.7 Å². The molecule has 0 aromatic carbocycles. The van der Waals surface area contributed by atoms with E-state index in [4.69, 9.17) is 5.73 Å². The van der Waals surface area contributed by atoms with E-state index in [0.29, 0.717) is 19.0 Å². The number of carbonyl (C=O) groups is 1. The summed E-state index contributed by atoms with van der Waals surface area (Å²) in [5, 5.41) is 3.03. The van der Waals surface area contributed by atoms with Gasteiger partial charge >= 0.3 is 0 Å². The number of amides is 1. The molecule has 0 unspecified atom stereocenters. The fraction of sp³-hybridized carbons (Fsp3) is 0.615. The Kier molecular flexibility index (Phi) is 6.12. The third-order valence-electron chi connectivity index (χ3n) is 3.53. The standard InChI is InChI=1S/C13H20N2OS.ClH/c1-9-5-6-11(17-9)8-15-13(16)12-4-2-3-10(12)7-14;/h5-6,10,12H,2-4,7-8,14H2,1H3,(H,15,16);1H/t10-,12-;/m1./s1. The fourth-order valence-electron chi connectivity index (χ4n) is 2.55. The molecule has 3 nitrogen and oxygen atoms in total. The van der Waals surface area contributed by atoms with Crippen molar-refractivity contribution in [3.05, 3.63) is 21.9 Å². The summed E-state index contributed by atoms with van der Waals surface area (Å²) in [6.45, 7) is 3.37. The first kappa shape index (κ1) is 15.5. The zero-order valence-corrected chi connectivity index (χ0v) is 12.3. The van der Waals surface area contributed by atoms with Crippen LogP contribution in [0, 0.1) is 18.8 Å². The summed E-state index contributed by atoms with van der Waals surface area (Å²) in [5.74, 6) is 0.713. The lowest BCUT2D eigenvalue weighted by atomic mass is 9.95. The molecule has 1 aromatic heterocycles. The summed E-state index contributed by atoms with van der Waals surface area (Å²) in [7, 11) is 0. The third-order valence-corrected chi connectivity index (χ3v) is 4.53. The van der Waals surface area contributed by atoms with Gasteiger partial charge in [0.25, 0.3) is 0 Å². The molecule has 5 heteroatoms. The van der Waals surface area contributed by atoms with Crippen molar-refractivity contribution in [2.75, 3.05) is 6.54 Å². The largest absolute Gasteiger partial charge is 0.351 e. The van der Waals surface area contributed by atoms with Crippen molar-refractivity contribution in [1.29, 1.82) is 0 Å². The molecule has 1 aliphatic carbocycles. The van der Waals surface area contributed by atoms with Crippen LogP contribution in [0.15, 0.2) is 12.1 Å². The molecule has 0 spiro atoms. The van der Waals surface area contributed by atoms with E-state index in [1.54, 1.807) is 11.3 Å². The summed E-state index contributed by atoms with van der Waals surface area (Å²) < 4.78 is 0. The van der Waals surface area contributed by atoms with E-state index in [1.165, 1.54) is 9.75 Å². The molecule has 1 heterocycles. The first-order valence-electron chi connectivity index (χ1n) is 6.24. The zero-order chi connectivity index (χ0) is 12.3. The second-order valence-corrected chi connectivity index (χ2v) is 6.14. The maximum Gasteiger partial charge on any atom is 0.223 e. The summed E-state index contributed by atoms with van der Waals surface area (Å²) >= 11 is 1.74. The molecule has 102 valence electrons. The van der Waals surface area contributed by atoms with Crippen LogP contribution in [-0.4, -0.2) is 12.5 Å². The SMILES string of the molecule is Cc1ccc(CNC(=O)[C@@H]2CCC[C@@H]2CN)s1.Cl. The molecule has 2 rings (SSSR count). The van der Waals surface area contributed by atoms with Gasteiger partial charge in [0.05, 0.1) is 6.54 Å². The molecule has 0 bridgehead atoms. The normalized spacial score (nSPS) is 22.6. The van der Waals surface area contributed by atoms with E-state index < -0.39 is 0 Å². The van der Waals surface area contributed by atoms with Crippen molar-refractivity contribution < 1.29 is 4.79 Å². The van der Waals surface area contributed by atoms with Crippen molar-refractivity contribution >= 4 is 29.7 Å². The molecular formula is C13H21ClN2OS. The Labute approximate surface area is 119 Å². The minimum atomic E-state index is 0. The number of hydrogen-bond acceptors (Lipinski definition) is 3. The molecule has 18 heavy (non-hydrogen) atoms. The van der Waals surface area contributed by atoms with E-state index in [1.807, 2.05) is 0 Å². The molecule has 0 radical (unpaired) electrons. The Hall–Kier alpha value is -0.580. The third kappa shape index (κ3) is 3.70. The van der Waals surface area contributed by atoms with Crippen LogP contribution in [0.1, 0.15) is 29.0 Å². The van der Waals surface area contributed by atoms with E-state index in [-0.39, 0.29) is 24.2 Å². The lowest BCUT2D eigenvalue weighted by molar-refractivity contribution is -0.126. The number of thiophene rings is 1. The molecule has 0 aliphatic heterocycles. The van der Waals surface area contributed by atoms with Crippen LogP contribution in [0.25, 0.3) is 0 Å². The summed E-state index contributed by atoms with van der Waals surface area (Å²) in [5.41, 5.74) is 5.69. The van der Waals surface area contributed by atoms with Crippen molar-refractivity contribution in [3.63, 3.8) is 0 Å². The summed E-state index contributed by atoms with van der Waals surface area (Å²) in [6.07, 6.45) is 3.24. The van der Waals surface area contributed by atoms with Crippen molar-refractivity contribution in [2.45, 2.75) is 32.7 Å². The minimum Gasteiger partial charge on any atom is -0.351 e.